The van der Waals surface area contributed by atoms with Crippen molar-refractivity contribution < 1.29 is 9.53 Å². The number of hydrogen-bond acceptors (Lipinski definition) is 4. The number of amides is 1. The first-order chi connectivity index (χ1) is 11.6. The van der Waals surface area contributed by atoms with E-state index in [1.54, 1.807) is 30.0 Å². The molecule has 2 rings (SSSR count). The van der Waals surface area contributed by atoms with Crippen LogP contribution in [0.2, 0.25) is 0 Å². The summed E-state index contributed by atoms with van der Waals surface area (Å²) in [5.41, 5.74) is 7.50. The average Bonchev–Trinajstić information content (AvgIpc) is 2.61. The minimum atomic E-state index is -0.253. The fourth-order valence-corrected chi connectivity index (χ4v) is 2.29. The van der Waals surface area contributed by atoms with Crippen LogP contribution in [0.5, 0.6) is 0 Å². The minimum absolute atomic E-state index is 0.0264. The molecule has 1 amide bonds. The summed E-state index contributed by atoms with van der Waals surface area (Å²) in [6.45, 7) is 1.29. The van der Waals surface area contributed by atoms with Crippen LogP contribution in [-0.4, -0.2) is 30.2 Å². The number of nitrogens with two attached hydrogens (primary N) is 1. The topological polar surface area (TPSA) is 86.3 Å². The third kappa shape index (κ3) is 5.33. The van der Waals surface area contributed by atoms with Gasteiger partial charge in [-0.05, 0) is 17.2 Å². The summed E-state index contributed by atoms with van der Waals surface area (Å²) >= 11 is 0. The first-order valence-corrected chi connectivity index (χ1v) is 7.85. The molecule has 1 unspecified atom stereocenters. The lowest BCUT2D eigenvalue weighted by molar-refractivity contribution is -0.123. The highest BCUT2D eigenvalue weighted by molar-refractivity contribution is 5.76. The van der Waals surface area contributed by atoms with E-state index in [9.17, 15) is 9.59 Å². The van der Waals surface area contributed by atoms with Gasteiger partial charge in [-0.2, -0.15) is 0 Å². The normalized spacial score (nSPS) is 11.9. The van der Waals surface area contributed by atoms with E-state index in [1.165, 1.54) is 0 Å². The second-order valence-electron chi connectivity index (χ2n) is 5.56. The molecule has 6 nitrogen and oxygen atoms in total. The van der Waals surface area contributed by atoms with Gasteiger partial charge in [-0.3, -0.25) is 9.59 Å². The van der Waals surface area contributed by atoms with Gasteiger partial charge in [0, 0.05) is 32.5 Å². The van der Waals surface area contributed by atoms with Crippen molar-refractivity contribution in [2.24, 2.45) is 5.73 Å². The van der Waals surface area contributed by atoms with Crippen LogP contribution in [0.4, 0.5) is 0 Å². The molecule has 0 aliphatic carbocycles. The van der Waals surface area contributed by atoms with Gasteiger partial charge in [-0.25, -0.2) is 0 Å². The molecule has 0 radical (unpaired) electrons. The lowest BCUT2D eigenvalue weighted by Gasteiger charge is -2.12. The number of carbonyl (C=O) groups is 1. The fourth-order valence-electron chi connectivity index (χ4n) is 2.29. The second kappa shape index (κ2) is 9.00. The molecule has 2 aromatic rings. The number of carbonyl (C=O) groups excluding carboxylic acids is 1. The van der Waals surface area contributed by atoms with Crippen LogP contribution < -0.4 is 16.6 Å². The third-order valence-corrected chi connectivity index (χ3v) is 3.77. The zero-order chi connectivity index (χ0) is 17.4. The monoisotopic (exact) mass is 329 g/mol. The number of methoxy groups -OCH3 is 1. The molecule has 0 fully saturated rings. The molecular weight excluding hydrogens is 306 g/mol. The molecule has 0 saturated heterocycles. The SMILES string of the molecule is COC(CN)CC(=O)NCc1ccc(Cn2ccccc2=O)cc1. The number of nitrogens with zero attached hydrogens (tertiary/aromatic N) is 1. The highest BCUT2D eigenvalue weighted by Gasteiger charge is 2.10. The molecule has 1 atom stereocenters. The number of hydrogen-bond donors (Lipinski definition) is 2. The largest absolute Gasteiger partial charge is 0.380 e. The van der Waals surface area contributed by atoms with Crippen molar-refractivity contribution in [1.29, 1.82) is 0 Å². The predicted molar refractivity (Wildman–Crippen MR) is 92.6 cm³/mol. The Morgan fingerprint density at radius 1 is 1.21 bits per heavy atom. The molecular formula is C18H23N3O3. The van der Waals surface area contributed by atoms with Gasteiger partial charge >= 0.3 is 0 Å². The number of benzene rings is 1. The maximum absolute atomic E-state index is 11.8. The molecule has 0 spiro atoms. The van der Waals surface area contributed by atoms with Crippen LogP contribution in [0.1, 0.15) is 17.5 Å². The van der Waals surface area contributed by atoms with Crippen LogP contribution in [0, 0.1) is 0 Å². The third-order valence-electron chi connectivity index (χ3n) is 3.77. The molecule has 6 heteroatoms. The number of ether oxygens (including phenoxy) is 1. The van der Waals surface area contributed by atoms with Crippen molar-refractivity contribution in [3.05, 3.63) is 70.1 Å². The highest BCUT2D eigenvalue weighted by atomic mass is 16.5. The van der Waals surface area contributed by atoms with Gasteiger partial charge in [0.2, 0.25) is 5.91 Å². The van der Waals surface area contributed by atoms with E-state index in [4.69, 9.17) is 10.5 Å². The molecule has 0 aliphatic heterocycles. The molecule has 1 aromatic carbocycles. The first kappa shape index (κ1) is 17.9. The van der Waals surface area contributed by atoms with Gasteiger partial charge < -0.3 is 20.4 Å². The van der Waals surface area contributed by atoms with Crippen LogP contribution in [-0.2, 0) is 22.6 Å². The Hall–Kier alpha value is -2.44. The first-order valence-electron chi connectivity index (χ1n) is 7.85. The molecule has 0 bridgehead atoms. The fraction of sp³-hybridized carbons (Fsp3) is 0.333. The van der Waals surface area contributed by atoms with Crippen LogP contribution in [0.25, 0.3) is 0 Å². The summed E-state index contributed by atoms with van der Waals surface area (Å²) in [6.07, 6.45) is 1.76. The van der Waals surface area contributed by atoms with E-state index in [1.807, 2.05) is 30.3 Å². The Balaban J connectivity index is 1.87. The number of rotatable bonds is 8. The zero-order valence-corrected chi connectivity index (χ0v) is 13.8. The minimum Gasteiger partial charge on any atom is -0.380 e. The van der Waals surface area contributed by atoms with Gasteiger partial charge in [-0.1, -0.05) is 30.3 Å². The molecule has 0 aliphatic rings. The summed E-state index contributed by atoms with van der Waals surface area (Å²) in [5.74, 6) is -0.0905. The van der Waals surface area contributed by atoms with Crippen molar-refractivity contribution in [2.45, 2.75) is 25.6 Å². The van der Waals surface area contributed by atoms with Crippen molar-refractivity contribution in [2.75, 3.05) is 13.7 Å². The summed E-state index contributed by atoms with van der Waals surface area (Å²) in [7, 11) is 1.54. The van der Waals surface area contributed by atoms with Gasteiger partial charge in [-0.15, -0.1) is 0 Å². The van der Waals surface area contributed by atoms with Crippen molar-refractivity contribution >= 4 is 5.91 Å². The second-order valence-corrected chi connectivity index (χ2v) is 5.56. The average molecular weight is 329 g/mol. The van der Waals surface area contributed by atoms with Crippen molar-refractivity contribution in [1.82, 2.24) is 9.88 Å². The van der Waals surface area contributed by atoms with E-state index in [0.717, 1.165) is 11.1 Å². The molecule has 128 valence electrons. The Bertz CT molecular complexity index is 706. The van der Waals surface area contributed by atoms with Crippen LogP contribution in [0.3, 0.4) is 0 Å². The smallest absolute Gasteiger partial charge is 0.250 e. The van der Waals surface area contributed by atoms with Gasteiger partial charge in [0.15, 0.2) is 0 Å². The van der Waals surface area contributed by atoms with Crippen molar-refractivity contribution in [3.63, 3.8) is 0 Å². The molecule has 3 N–H and O–H groups in total. The molecule has 0 saturated carbocycles. The summed E-state index contributed by atoms with van der Waals surface area (Å²) in [6, 6.07) is 12.9. The van der Waals surface area contributed by atoms with Gasteiger partial charge in [0.05, 0.1) is 19.1 Å². The Labute approximate surface area is 141 Å². The maximum Gasteiger partial charge on any atom is 0.250 e. The van der Waals surface area contributed by atoms with E-state index in [-0.39, 0.29) is 24.0 Å². The lowest BCUT2D eigenvalue weighted by atomic mass is 10.1. The van der Waals surface area contributed by atoms with E-state index < -0.39 is 0 Å². The maximum atomic E-state index is 11.8. The van der Waals surface area contributed by atoms with Gasteiger partial charge in [0.25, 0.3) is 5.56 Å². The lowest BCUT2D eigenvalue weighted by Crippen LogP contribution is -2.31. The van der Waals surface area contributed by atoms with Crippen LogP contribution in [0.15, 0.2) is 53.5 Å². The van der Waals surface area contributed by atoms with Crippen molar-refractivity contribution in [3.8, 4) is 0 Å². The van der Waals surface area contributed by atoms with E-state index in [2.05, 4.69) is 5.32 Å². The zero-order valence-electron chi connectivity index (χ0n) is 13.8. The summed E-state index contributed by atoms with van der Waals surface area (Å²) < 4.78 is 6.74. The van der Waals surface area contributed by atoms with E-state index >= 15 is 0 Å². The molecule has 1 heterocycles. The quantitative estimate of drug-likeness (QED) is 0.753. The van der Waals surface area contributed by atoms with E-state index in [0.29, 0.717) is 19.6 Å². The highest BCUT2D eigenvalue weighted by Crippen LogP contribution is 2.06. The predicted octanol–water partition coefficient (Wildman–Crippen LogP) is 0.877. The Morgan fingerprint density at radius 2 is 1.92 bits per heavy atom. The molecule has 24 heavy (non-hydrogen) atoms. The van der Waals surface area contributed by atoms with Crippen LogP contribution >= 0.6 is 0 Å². The summed E-state index contributed by atoms with van der Waals surface area (Å²) in [4.78, 5) is 23.5. The van der Waals surface area contributed by atoms with Gasteiger partial charge in [0.1, 0.15) is 0 Å². The Morgan fingerprint density at radius 3 is 2.54 bits per heavy atom. The summed E-state index contributed by atoms with van der Waals surface area (Å²) in [5, 5.41) is 2.85. The number of pyridine rings is 1. The standard InChI is InChI=1S/C18H23N3O3/c1-24-16(11-19)10-17(22)20-12-14-5-7-15(8-6-14)13-21-9-3-2-4-18(21)23/h2-9,16H,10-13,19H2,1H3,(H,20,22). The number of aromatic nitrogens is 1. The number of nitrogens with one attached hydrogen (secondary N) is 1. The Kier molecular flexibility index (Phi) is 6.72. The molecule has 1 aromatic heterocycles.